The van der Waals surface area contributed by atoms with Gasteiger partial charge in [-0.2, -0.15) is 0 Å². The van der Waals surface area contributed by atoms with E-state index in [0.717, 1.165) is 16.6 Å². The largest absolute Gasteiger partial charge is 0.351 e. The summed E-state index contributed by atoms with van der Waals surface area (Å²) in [5.41, 5.74) is 2.96. The van der Waals surface area contributed by atoms with Crippen molar-refractivity contribution in [2.45, 2.75) is 6.92 Å². The average Bonchev–Trinajstić information content (AvgIpc) is 2.84. The Kier molecular flexibility index (Phi) is 2.02. The van der Waals surface area contributed by atoms with Crippen molar-refractivity contribution in [2.75, 3.05) is 0 Å². The van der Waals surface area contributed by atoms with Gasteiger partial charge < -0.3 is 4.98 Å². The van der Waals surface area contributed by atoms with Gasteiger partial charge >= 0.3 is 0 Å². The lowest BCUT2D eigenvalue weighted by Gasteiger charge is -2.13. The summed E-state index contributed by atoms with van der Waals surface area (Å²) in [5.74, 6) is -0.353. The van der Waals surface area contributed by atoms with Crippen LogP contribution in [0.5, 0.6) is 0 Å². The first-order valence-corrected chi connectivity index (χ1v) is 6.34. The Morgan fingerprint density at radius 2 is 1.80 bits per heavy atom. The number of aromatic nitrogens is 2. The molecule has 1 aromatic carbocycles. The minimum atomic E-state index is -0.213. The monoisotopic (exact) mass is 262 g/mol. The summed E-state index contributed by atoms with van der Waals surface area (Å²) in [6, 6.07) is 10.9. The number of hydrogen-bond donors (Lipinski definition) is 1. The highest BCUT2D eigenvalue weighted by molar-refractivity contribution is 6.31. The maximum atomic E-state index is 12.6. The molecule has 2 heterocycles. The summed E-state index contributed by atoms with van der Waals surface area (Å²) >= 11 is 0. The minimum Gasteiger partial charge on any atom is -0.351 e. The summed E-state index contributed by atoms with van der Waals surface area (Å²) < 4.78 is 0. The van der Waals surface area contributed by atoms with Gasteiger partial charge in [0.05, 0.1) is 11.1 Å². The highest BCUT2D eigenvalue weighted by atomic mass is 16.1. The molecule has 1 aliphatic carbocycles. The first kappa shape index (κ1) is 11.1. The molecule has 4 nitrogen and oxygen atoms in total. The van der Waals surface area contributed by atoms with Crippen molar-refractivity contribution in [2.24, 2.45) is 0 Å². The van der Waals surface area contributed by atoms with Crippen LogP contribution in [-0.2, 0) is 0 Å². The lowest BCUT2D eigenvalue weighted by atomic mass is 9.90. The molecule has 0 saturated heterocycles. The Bertz CT molecular complexity index is 906. The Labute approximate surface area is 114 Å². The normalized spacial score (nSPS) is 13.4. The maximum Gasteiger partial charge on any atom is 0.229 e. The molecule has 0 aliphatic heterocycles. The van der Waals surface area contributed by atoms with E-state index in [1.165, 1.54) is 0 Å². The lowest BCUT2D eigenvalue weighted by Crippen LogP contribution is -2.22. The number of para-hydroxylation sites is 1. The van der Waals surface area contributed by atoms with Crippen LogP contribution in [0.15, 0.2) is 36.4 Å². The average molecular weight is 262 g/mol. The number of benzene rings is 1. The number of pyridine rings is 1. The molecule has 96 valence electrons. The number of carbonyl (C=O) groups excluding carboxylic acids is 2. The van der Waals surface area contributed by atoms with Crippen LogP contribution in [-0.4, -0.2) is 21.5 Å². The standard InChI is InChI=1S/C16H10N2O2/c1-8-6-7-10-13(17-8)16(20)14-12(15(10)19)9-4-2-3-5-11(9)18-14/h2-7,18H,1H3. The summed E-state index contributed by atoms with van der Waals surface area (Å²) in [5, 5.41) is 0.784. The molecule has 0 atom stereocenters. The molecule has 0 saturated carbocycles. The lowest BCUT2D eigenvalue weighted by molar-refractivity contribution is 0.0974. The van der Waals surface area contributed by atoms with Crippen LogP contribution in [0, 0.1) is 6.92 Å². The molecule has 0 unspecified atom stereocenters. The SMILES string of the molecule is Cc1ccc2c(n1)C(=O)c1[nH]c3ccccc3c1C2=O. The molecule has 4 rings (SSSR count). The van der Waals surface area contributed by atoms with Crippen LogP contribution in [0.3, 0.4) is 0 Å². The van der Waals surface area contributed by atoms with Crippen molar-refractivity contribution in [1.82, 2.24) is 9.97 Å². The van der Waals surface area contributed by atoms with E-state index in [0.29, 0.717) is 16.8 Å². The second-order valence-corrected chi connectivity index (χ2v) is 4.93. The van der Waals surface area contributed by atoms with Gasteiger partial charge in [0.2, 0.25) is 5.78 Å². The van der Waals surface area contributed by atoms with Crippen molar-refractivity contribution in [3.05, 3.63) is 64.6 Å². The van der Waals surface area contributed by atoms with E-state index in [4.69, 9.17) is 0 Å². The number of H-pyrrole nitrogens is 1. The number of hydrogen-bond acceptors (Lipinski definition) is 3. The summed E-state index contributed by atoms with van der Waals surface area (Å²) in [6.07, 6.45) is 0. The number of rotatable bonds is 0. The van der Waals surface area contributed by atoms with Crippen molar-refractivity contribution >= 4 is 22.5 Å². The van der Waals surface area contributed by atoms with Gasteiger partial charge in [0, 0.05) is 16.6 Å². The van der Waals surface area contributed by atoms with E-state index in [1.807, 2.05) is 24.3 Å². The van der Waals surface area contributed by atoms with Crippen LogP contribution < -0.4 is 0 Å². The van der Waals surface area contributed by atoms with Gasteiger partial charge in [-0.05, 0) is 25.1 Å². The van der Waals surface area contributed by atoms with Crippen LogP contribution >= 0.6 is 0 Å². The van der Waals surface area contributed by atoms with Crippen LogP contribution in [0.25, 0.3) is 10.9 Å². The van der Waals surface area contributed by atoms with Crippen molar-refractivity contribution < 1.29 is 9.59 Å². The number of fused-ring (bicyclic) bond motifs is 4. The fourth-order valence-corrected chi connectivity index (χ4v) is 2.71. The molecule has 1 N–H and O–H groups in total. The number of nitrogens with one attached hydrogen (secondary N) is 1. The molecule has 0 bridgehead atoms. The maximum absolute atomic E-state index is 12.6. The highest BCUT2D eigenvalue weighted by Crippen LogP contribution is 2.31. The third-order valence-electron chi connectivity index (χ3n) is 3.65. The van der Waals surface area contributed by atoms with E-state index < -0.39 is 0 Å². The Morgan fingerprint density at radius 1 is 1.00 bits per heavy atom. The first-order chi connectivity index (χ1) is 9.66. The van der Waals surface area contributed by atoms with E-state index >= 15 is 0 Å². The summed E-state index contributed by atoms with van der Waals surface area (Å²) in [7, 11) is 0. The third kappa shape index (κ3) is 1.28. The molecular formula is C16H10N2O2. The van der Waals surface area contributed by atoms with Crippen LogP contribution in [0.1, 0.15) is 37.8 Å². The van der Waals surface area contributed by atoms with E-state index in [-0.39, 0.29) is 17.3 Å². The van der Waals surface area contributed by atoms with Gasteiger partial charge in [0.25, 0.3) is 0 Å². The predicted octanol–water partition coefficient (Wildman–Crippen LogP) is 2.65. The Hall–Kier alpha value is -2.75. The molecule has 0 fully saturated rings. The number of carbonyl (C=O) groups is 2. The van der Waals surface area contributed by atoms with Crippen molar-refractivity contribution in [1.29, 1.82) is 0 Å². The molecule has 4 heteroatoms. The van der Waals surface area contributed by atoms with Gasteiger partial charge in [0.15, 0.2) is 5.78 Å². The van der Waals surface area contributed by atoms with E-state index in [9.17, 15) is 9.59 Å². The smallest absolute Gasteiger partial charge is 0.229 e. The van der Waals surface area contributed by atoms with Crippen molar-refractivity contribution in [3.63, 3.8) is 0 Å². The second-order valence-electron chi connectivity index (χ2n) is 4.93. The van der Waals surface area contributed by atoms with Crippen molar-refractivity contribution in [3.8, 4) is 0 Å². The Balaban J connectivity index is 2.11. The summed E-state index contributed by atoms with van der Waals surface area (Å²) in [6.45, 7) is 1.80. The predicted molar refractivity (Wildman–Crippen MR) is 74.1 cm³/mol. The molecule has 0 spiro atoms. The molecule has 3 aromatic rings. The molecule has 2 aromatic heterocycles. The quantitative estimate of drug-likeness (QED) is 0.530. The second kappa shape index (κ2) is 3.63. The fraction of sp³-hybridized carbons (Fsp3) is 0.0625. The molecule has 1 aliphatic rings. The zero-order valence-corrected chi connectivity index (χ0v) is 10.7. The van der Waals surface area contributed by atoms with Gasteiger partial charge in [-0.25, -0.2) is 4.98 Å². The molecule has 0 amide bonds. The number of aromatic amines is 1. The minimum absolute atomic E-state index is 0.139. The topological polar surface area (TPSA) is 62.8 Å². The molecular weight excluding hydrogens is 252 g/mol. The van der Waals surface area contributed by atoms with Crippen LogP contribution in [0.2, 0.25) is 0 Å². The van der Waals surface area contributed by atoms with Gasteiger partial charge in [-0.15, -0.1) is 0 Å². The molecule has 0 radical (unpaired) electrons. The zero-order chi connectivity index (χ0) is 13.9. The van der Waals surface area contributed by atoms with Crippen LogP contribution in [0.4, 0.5) is 0 Å². The van der Waals surface area contributed by atoms with E-state index in [2.05, 4.69) is 9.97 Å². The summed E-state index contributed by atoms with van der Waals surface area (Å²) in [4.78, 5) is 32.4. The Morgan fingerprint density at radius 3 is 2.65 bits per heavy atom. The number of aryl methyl sites for hydroxylation is 1. The van der Waals surface area contributed by atoms with Gasteiger partial charge in [-0.1, -0.05) is 18.2 Å². The highest BCUT2D eigenvalue weighted by Gasteiger charge is 2.34. The third-order valence-corrected chi connectivity index (χ3v) is 3.65. The number of ketones is 2. The first-order valence-electron chi connectivity index (χ1n) is 6.34. The fourth-order valence-electron chi connectivity index (χ4n) is 2.71. The molecule has 20 heavy (non-hydrogen) atoms. The zero-order valence-electron chi connectivity index (χ0n) is 10.7. The van der Waals surface area contributed by atoms with Gasteiger partial charge in [0.1, 0.15) is 11.4 Å². The van der Waals surface area contributed by atoms with E-state index in [1.54, 1.807) is 19.1 Å². The number of nitrogens with zero attached hydrogens (tertiary/aromatic N) is 1. The van der Waals surface area contributed by atoms with Gasteiger partial charge in [-0.3, -0.25) is 9.59 Å².